The zero-order chi connectivity index (χ0) is 16.1. The number of hydrogen-bond acceptors (Lipinski definition) is 5. The molecule has 1 aliphatic rings. The van der Waals surface area contributed by atoms with E-state index >= 15 is 0 Å². The molecule has 24 heavy (non-hydrogen) atoms. The van der Waals surface area contributed by atoms with Crippen molar-refractivity contribution in [1.82, 2.24) is 9.97 Å². The van der Waals surface area contributed by atoms with E-state index in [1.165, 1.54) is 0 Å². The smallest absolute Gasteiger partial charge is 0.222 e. The Morgan fingerprint density at radius 1 is 1.29 bits per heavy atom. The normalized spacial score (nSPS) is 12.8. The first-order valence-corrected chi connectivity index (χ1v) is 9.28. The zero-order valence-electron chi connectivity index (χ0n) is 13.5. The summed E-state index contributed by atoms with van der Waals surface area (Å²) in [5.41, 5.74) is 2.24. The molecule has 0 aliphatic carbocycles. The maximum Gasteiger partial charge on any atom is 0.222 e. The summed E-state index contributed by atoms with van der Waals surface area (Å²) < 4.78 is 5.71. The molecule has 1 aromatic heterocycles. The average molecular weight is 386 g/mol. The number of ether oxygens (including phenoxy) is 1. The number of hydrogen-bond donors (Lipinski definition) is 1. The molecule has 3 rings (SSSR count). The van der Waals surface area contributed by atoms with Crippen molar-refractivity contribution in [1.29, 1.82) is 0 Å². The van der Waals surface area contributed by atoms with Gasteiger partial charge in [0.1, 0.15) is 5.82 Å². The van der Waals surface area contributed by atoms with Gasteiger partial charge in [-0.05, 0) is 36.6 Å². The van der Waals surface area contributed by atoms with Gasteiger partial charge in [0.25, 0.3) is 0 Å². The maximum absolute atomic E-state index is 6.21. The number of rotatable bonds is 6. The predicted octanol–water partition coefficient (Wildman–Crippen LogP) is 4.64. The van der Waals surface area contributed by atoms with Crippen molar-refractivity contribution >= 4 is 41.6 Å². The molecule has 2 aromatic rings. The van der Waals surface area contributed by atoms with Crippen molar-refractivity contribution in [3.63, 3.8) is 0 Å². The van der Waals surface area contributed by atoms with Gasteiger partial charge in [0.05, 0.1) is 12.2 Å². The molecule has 7 heteroatoms. The summed E-state index contributed by atoms with van der Waals surface area (Å²) in [6.07, 6.45) is 2.83. The van der Waals surface area contributed by atoms with Crippen molar-refractivity contribution in [2.75, 3.05) is 24.2 Å². The van der Waals surface area contributed by atoms with Gasteiger partial charge in [-0.3, -0.25) is 0 Å². The molecule has 0 radical (unpaired) electrons. The molecule has 1 aromatic carbocycles. The van der Waals surface area contributed by atoms with Crippen LogP contribution in [0.4, 0.5) is 5.82 Å². The molecule has 0 spiro atoms. The first-order chi connectivity index (χ1) is 11.3. The zero-order valence-corrected chi connectivity index (χ0v) is 15.9. The fourth-order valence-electron chi connectivity index (χ4n) is 2.56. The van der Waals surface area contributed by atoms with Crippen LogP contribution in [-0.2, 0) is 12.8 Å². The van der Waals surface area contributed by atoms with Crippen LogP contribution in [0.2, 0.25) is 5.02 Å². The molecule has 4 nitrogen and oxygen atoms in total. The second-order valence-corrected chi connectivity index (χ2v) is 6.93. The highest BCUT2D eigenvalue weighted by Crippen LogP contribution is 2.31. The van der Waals surface area contributed by atoms with E-state index in [1.54, 1.807) is 11.8 Å². The van der Waals surface area contributed by atoms with Crippen LogP contribution >= 0.6 is 35.8 Å². The van der Waals surface area contributed by atoms with E-state index in [0.29, 0.717) is 0 Å². The topological polar surface area (TPSA) is 47.0 Å². The average Bonchev–Trinajstić information content (AvgIpc) is 2.57. The standard InChI is InChI=1S/C17H20ClN3OS.ClH/c1-2-23-17-20-15(13-7-5-11-22-16(13)21-17)19-10-9-12-6-3-4-8-14(12)18;/h3-4,6,8H,2,5,7,9-11H2,1H3,(H,19,20,21);1H. The number of anilines is 1. The maximum atomic E-state index is 6.21. The molecule has 0 bridgehead atoms. The lowest BCUT2D eigenvalue weighted by Crippen LogP contribution is -2.16. The summed E-state index contributed by atoms with van der Waals surface area (Å²) in [5.74, 6) is 2.58. The summed E-state index contributed by atoms with van der Waals surface area (Å²) in [6.45, 7) is 3.61. The van der Waals surface area contributed by atoms with Crippen LogP contribution in [-0.4, -0.2) is 28.9 Å². The highest BCUT2D eigenvalue weighted by molar-refractivity contribution is 7.99. The van der Waals surface area contributed by atoms with Gasteiger partial charge in [0, 0.05) is 11.6 Å². The molecule has 130 valence electrons. The Balaban J connectivity index is 0.00000208. The van der Waals surface area contributed by atoms with Crippen molar-refractivity contribution in [3.05, 3.63) is 40.4 Å². The van der Waals surface area contributed by atoms with Crippen LogP contribution in [0.5, 0.6) is 5.88 Å². The second-order valence-electron chi connectivity index (χ2n) is 5.29. The van der Waals surface area contributed by atoms with Gasteiger partial charge in [0.15, 0.2) is 5.16 Å². The molecular weight excluding hydrogens is 365 g/mol. The minimum atomic E-state index is 0. The third-order valence-corrected chi connectivity index (χ3v) is 4.77. The molecule has 0 amide bonds. The van der Waals surface area contributed by atoms with Gasteiger partial charge >= 0.3 is 0 Å². The van der Waals surface area contributed by atoms with E-state index in [4.69, 9.17) is 16.3 Å². The van der Waals surface area contributed by atoms with Crippen molar-refractivity contribution in [2.45, 2.75) is 31.3 Å². The Labute approximate surface area is 158 Å². The van der Waals surface area contributed by atoms with Crippen molar-refractivity contribution in [3.8, 4) is 5.88 Å². The Morgan fingerprint density at radius 2 is 2.12 bits per heavy atom. The summed E-state index contributed by atoms with van der Waals surface area (Å²) in [4.78, 5) is 9.17. The summed E-state index contributed by atoms with van der Waals surface area (Å²) in [6, 6.07) is 7.94. The van der Waals surface area contributed by atoms with E-state index < -0.39 is 0 Å². The number of thioether (sulfide) groups is 1. The van der Waals surface area contributed by atoms with Gasteiger partial charge in [-0.15, -0.1) is 12.4 Å². The third-order valence-electron chi connectivity index (χ3n) is 3.68. The largest absolute Gasteiger partial charge is 0.477 e. The van der Waals surface area contributed by atoms with E-state index in [2.05, 4.69) is 28.3 Å². The highest BCUT2D eigenvalue weighted by Gasteiger charge is 2.19. The lowest BCUT2D eigenvalue weighted by Gasteiger charge is -2.20. The van der Waals surface area contributed by atoms with Gasteiger partial charge in [0.2, 0.25) is 5.88 Å². The second kappa shape index (κ2) is 9.35. The first kappa shape index (κ1) is 19.2. The summed E-state index contributed by atoms with van der Waals surface area (Å²) >= 11 is 7.84. The van der Waals surface area contributed by atoms with Gasteiger partial charge in [-0.2, -0.15) is 4.98 Å². The molecule has 0 saturated heterocycles. The van der Waals surface area contributed by atoms with Crippen LogP contribution in [0.15, 0.2) is 29.4 Å². The van der Waals surface area contributed by atoms with Crippen LogP contribution in [0.1, 0.15) is 24.5 Å². The highest BCUT2D eigenvalue weighted by atomic mass is 35.5. The van der Waals surface area contributed by atoms with Crippen LogP contribution in [0.3, 0.4) is 0 Å². The first-order valence-electron chi connectivity index (χ1n) is 7.91. The molecule has 1 aliphatic heterocycles. The van der Waals surface area contributed by atoms with E-state index in [9.17, 15) is 0 Å². The Kier molecular flexibility index (Phi) is 7.46. The SMILES string of the molecule is CCSc1nc(NCCc2ccccc2Cl)c2c(n1)OCCC2.Cl. The Hall–Kier alpha value is -1.17. The Bertz CT molecular complexity index is 685. The fraction of sp³-hybridized carbons (Fsp3) is 0.412. The minimum Gasteiger partial charge on any atom is -0.477 e. The lowest BCUT2D eigenvalue weighted by atomic mass is 10.1. The monoisotopic (exact) mass is 385 g/mol. The van der Waals surface area contributed by atoms with Crippen molar-refractivity contribution < 1.29 is 4.74 Å². The fourth-order valence-corrected chi connectivity index (χ4v) is 3.35. The van der Waals surface area contributed by atoms with Gasteiger partial charge in [-0.1, -0.05) is 48.5 Å². The molecule has 0 fully saturated rings. The van der Waals surface area contributed by atoms with Crippen LogP contribution < -0.4 is 10.1 Å². The van der Waals surface area contributed by atoms with Crippen LogP contribution in [0.25, 0.3) is 0 Å². The lowest BCUT2D eigenvalue weighted by molar-refractivity contribution is 0.273. The molecule has 0 atom stereocenters. The molecule has 0 unspecified atom stereocenters. The summed E-state index contributed by atoms with van der Waals surface area (Å²) in [5, 5.41) is 5.03. The number of aromatic nitrogens is 2. The van der Waals surface area contributed by atoms with E-state index in [-0.39, 0.29) is 12.4 Å². The van der Waals surface area contributed by atoms with Crippen molar-refractivity contribution in [2.24, 2.45) is 0 Å². The van der Waals surface area contributed by atoms with E-state index in [1.807, 2.05) is 18.2 Å². The van der Waals surface area contributed by atoms with Gasteiger partial charge < -0.3 is 10.1 Å². The Morgan fingerprint density at radius 3 is 2.92 bits per heavy atom. The number of nitrogens with one attached hydrogen (secondary N) is 1. The molecule has 1 N–H and O–H groups in total. The quantitative estimate of drug-likeness (QED) is 0.579. The predicted molar refractivity (Wildman–Crippen MR) is 103 cm³/mol. The number of halogens is 2. The molecular formula is C17H21Cl2N3OS. The third kappa shape index (κ3) is 4.68. The minimum absolute atomic E-state index is 0. The number of benzene rings is 1. The number of nitrogens with zero attached hydrogens (tertiary/aromatic N) is 2. The number of fused-ring (bicyclic) bond motifs is 1. The molecule has 2 heterocycles. The van der Waals surface area contributed by atoms with E-state index in [0.717, 1.165) is 71.2 Å². The van der Waals surface area contributed by atoms with Gasteiger partial charge in [-0.25, -0.2) is 4.98 Å². The summed E-state index contributed by atoms with van der Waals surface area (Å²) in [7, 11) is 0. The molecule has 0 saturated carbocycles. The van der Waals surface area contributed by atoms with Crippen LogP contribution in [0, 0.1) is 0 Å².